The summed E-state index contributed by atoms with van der Waals surface area (Å²) in [7, 11) is 3.26. The maximum Gasteiger partial charge on any atom is 0.203 e. The van der Waals surface area contributed by atoms with Crippen molar-refractivity contribution in [2.24, 2.45) is 0 Å². The molecular formula is C14H21NO3. The van der Waals surface area contributed by atoms with Crippen LogP contribution >= 0.6 is 0 Å². The van der Waals surface area contributed by atoms with Gasteiger partial charge in [-0.25, -0.2) is 0 Å². The number of methoxy groups -OCH3 is 2. The molecule has 0 radical (unpaired) electrons. The molecule has 1 aliphatic rings. The summed E-state index contributed by atoms with van der Waals surface area (Å²) in [4.78, 5) is 0. The molecule has 0 aliphatic carbocycles. The van der Waals surface area contributed by atoms with Gasteiger partial charge in [-0.2, -0.15) is 0 Å². The molecule has 4 nitrogen and oxygen atoms in total. The molecule has 0 aromatic heterocycles. The Labute approximate surface area is 108 Å². The Kier molecular flexibility index (Phi) is 3.97. The second-order valence-electron chi connectivity index (χ2n) is 4.82. The monoisotopic (exact) mass is 251 g/mol. The Morgan fingerprint density at radius 1 is 1.17 bits per heavy atom. The molecule has 2 rings (SSSR count). The summed E-state index contributed by atoms with van der Waals surface area (Å²) in [5.74, 6) is 2.09. The fourth-order valence-electron chi connectivity index (χ4n) is 2.32. The van der Waals surface area contributed by atoms with Gasteiger partial charge in [-0.1, -0.05) is 6.07 Å². The van der Waals surface area contributed by atoms with Gasteiger partial charge in [0.25, 0.3) is 0 Å². The zero-order valence-corrected chi connectivity index (χ0v) is 11.3. The van der Waals surface area contributed by atoms with Gasteiger partial charge in [0.1, 0.15) is 5.60 Å². The molecule has 18 heavy (non-hydrogen) atoms. The summed E-state index contributed by atoms with van der Waals surface area (Å²) in [5, 5.41) is 3.36. The number of hydrogen-bond acceptors (Lipinski definition) is 4. The highest BCUT2D eigenvalue weighted by Crippen LogP contribution is 2.39. The van der Waals surface area contributed by atoms with E-state index in [2.05, 4.69) is 12.2 Å². The van der Waals surface area contributed by atoms with E-state index < -0.39 is 0 Å². The van der Waals surface area contributed by atoms with E-state index in [4.69, 9.17) is 14.2 Å². The SMILES string of the molecule is COc1cccc(OC2(C)CCCNC2)c1OC. The Morgan fingerprint density at radius 3 is 2.56 bits per heavy atom. The summed E-state index contributed by atoms with van der Waals surface area (Å²) < 4.78 is 16.8. The molecule has 1 aliphatic heterocycles. The van der Waals surface area contributed by atoms with Crippen LogP contribution in [0.2, 0.25) is 0 Å². The van der Waals surface area contributed by atoms with Crippen LogP contribution in [0.1, 0.15) is 19.8 Å². The lowest BCUT2D eigenvalue weighted by atomic mass is 9.96. The highest BCUT2D eigenvalue weighted by Gasteiger charge is 2.30. The first kappa shape index (κ1) is 13.0. The molecule has 0 bridgehead atoms. The quantitative estimate of drug-likeness (QED) is 0.890. The molecular weight excluding hydrogens is 230 g/mol. The molecule has 1 fully saturated rings. The average molecular weight is 251 g/mol. The van der Waals surface area contributed by atoms with Gasteiger partial charge in [-0.15, -0.1) is 0 Å². The lowest BCUT2D eigenvalue weighted by Crippen LogP contribution is -2.47. The molecule has 1 heterocycles. The molecule has 1 aromatic carbocycles. The minimum Gasteiger partial charge on any atom is -0.493 e. The molecule has 0 saturated carbocycles. The average Bonchev–Trinajstić information content (AvgIpc) is 2.38. The first-order chi connectivity index (χ1) is 8.68. The minimum absolute atomic E-state index is 0.183. The fraction of sp³-hybridized carbons (Fsp3) is 0.571. The second-order valence-corrected chi connectivity index (χ2v) is 4.82. The zero-order valence-electron chi connectivity index (χ0n) is 11.3. The first-order valence-corrected chi connectivity index (χ1v) is 6.29. The van der Waals surface area contributed by atoms with Crippen molar-refractivity contribution in [2.75, 3.05) is 27.3 Å². The van der Waals surface area contributed by atoms with Gasteiger partial charge in [0.15, 0.2) is 11.5 Å². The molecule has 0 spiro atoms. The summed E-state index contributed by atoms with van der Waals surface area (Å²) in [5.41, 5.74) is -0.183. The normalized spacial score (nSPS) is 23.5. The Hall–Kier alpha value is -1.42. The minimum atomic E-state index is -0.183. The van der Waals surface area contributed by atoms with E-state index in [-0.39, 0.29) is 5.60 Å². The number of ether oxygens (including phenoxy) is 3. The highest BCUT2D eigenvalue weighted by atomic mass is 16.5. The van der Waals surface area contributed by atoms with E-state index in [1.54, 1.807) is 14.2 Å². The third kappa shape index (κ3) is 2.70. The maximum absolute atomic E-state index is 6.14. The summed E-state index contributed by atoms with van der Waals surface area (Å²) in [6.07, 6.45) is 2.17. The van der Waals surface area contributed by atoms with Crippen molar-refractivity contribution in [2.45, 2.75) is 25.4 Å². The number of benzene rings is 1. The molecule has 0 amide bonds. The van der Waals surface area contributed by atoms with E-state index in [1.165, 1.54) is 0 Å². The lowest BCUT2D eigenvalue weighted by molar-refractivity contribution is 0.0580. The molecule has 1 unspecified atom stereocenters. The molecule has 4 heteroatoms. The van der Waals surface area contributed by atoms with Gasteiger partial charge in [0, 0.05) is 6.54 Å². The van der Waals surface area contributed by atoms with Gasteiger partial charge in [0.2, 0.25) is 5.75 Å². The van der Waals surface area contributed by atoms with Crippen LogP contribution in [-0.4, -0.2) is 32.9 Å². The van der Waals surface area contributed by atoms with Gasteiger partial charge in [-0.05, 0) is 38.4 Å². The molecule has 1 saturated heterocycles. The summed E-state index contributed by atoms with van der Waals surface area (Å²) >= 11 is 0. The zero-order chi connectivity index (χ0) is 13.0. The third-order valence-electron chi connectivity index (χ3n) is 3.28. The highest BCUT2D eigenvalue weighted by molar-refractivity contribution is 5.51. The first-order valence-electron chi connectivity index (χ1n) is 6.29. The van der Waals surface area contributed by atoms with Gasteiger partial charge in [0.05, 0.1) is 14.2 Å². The Balaban J connectivity index is 2.22. The lowest BCUT2D eigenvalue weighted by Gasteiger charge is -2.35. The van der Waals surface area contributed by atoms with E-state index in [9.17, 15) is 0 Å². The van der Waals surface area contributed by atoms with Crippen LogP contribution in [0.3, 0.4) is 0 Å². The van der Waals surface area contributed by atoms with Crippen molar-refractivity contribution in [3.05, 3.63) is 18.2 Å². The van der Waals surface area contributed by atoms with E-state index >= 15 is 0 Å². The van der Waals surface area contributed by atoms with Gasteiger partial charge in [-0.3, -0.25) is 0 Å². The van der Waals surface area contributed by atoms with Crippen LogP contribution in [0.5, 0.6) is 17.2 Å². The number of rotatable bonds is 4. The predicted molar refractivity (Wildman–Crippen MR) is 70.7 cm³/mol. The van der Waals surface area contributed by atoms with E-state index in [0.717, 1.165) is 31.7 Å². The Bertz CT molecular complexity index is 400. The van der Waals surface area contributed by atoms with Crippen molar-refractivity contribution in [1.82, 2.24) is 5.32 Å². The van der Waals surface area contributed by atoms with Crippen LogP contribution in [0.4, 0.5) is 0 Å². The van der Waals surface area contributed by atoms with E-state index in [0.29, 0.717) is 11.5 Å². The van der Waals surface area contributed by atoms with Crippen molar-refractivity contribution in [3.63, 3.8) is 0 Å². The van der Waals surface area contributed by atoms with Gasteiger partial charge >= 0.3 is 0 Å². The van der Waals surface area contributed by atoms with Crippen LogP contribution in [-0.2, 0) is 0 Å². The van der Waals surface area contributed by atoms with Crippen molar-refractivity contribution in [3.8, 4) is 17.2 Å². The smallest absolute Gasteiger partial charge is 0.203 e. The van der Waals surface area contributed by atoms with Crippen molar-refractivity contribution < 1.29 is 14.2 Å². The molecule has 100 valence electrons. The van der Waals surface area contributed by atoms with Crippen LogP contribution in [0, 0.1) is 0 Å². The molecule has 1 aromatic rings. The fourth-order valence-corrected chi connectivity index (χ4v) is 2.32. The van der Waals surface area contributed by atoms with Crippen LogP contribution < -0.4 is 19.5 Å². The second kappa shape index (κ2) is 5.48. The number of para-hydroxylation sites is 1. The summed E-state index contributed by atoms with van der Waals surface area (Å²) in [6.45, 7) is 4.04. The van der Waals surface area contributed by atoms with Gasteiger partial charge < -0.3 is 19.5 Å². The van der Waals surface area contributed by atoms with Crippen LogP contribution in [0.15, 0.2) is 18.2 Å². The third-order valence-corrected chi connectivity index (χ3v) is 3.28. The largest absolute Gasteiger partial charge is 0.493 e. The summed E-state index contributed by atoms with van der Waals surface area (Å²) in [6, 6.07) is 5.70. The van der Waals surface area contributed by atoms with Crippen molar-refractivity contribution >= 4 is 0 Å². The number of piperidine rings is 1. The van der Waals surface area contributed by atoms with Crippen molar-refractivity contribution in [1.29, 1.82) is 0 Å². The van der Waals surface area contributed by atoms with E-state index in [1.807, 2.05) is 18.2 Å². The predicted octanol–water partition coefficient (Wildman–Crippen LogP) is 2.22. The molecule has 1 N–H and O–H groups in total. The topological polar surface area (TPSA) is 39.7 Å². The van der Waals surface area contributed by atoms with Crippen LogP contribution in [0.25, 0.3) is 0 Å². The Morgan fingerprint density at radius 2 is 1.94 bits per heavy atom. The maximum atomic E-state index is 6.14. The molecule has 1 atom stereocenters. The number of nitrogens with one attached hydrogen (secondary N) is 1. The standard InChI is InChI=1S/C14H21NO3/c1-14(8-5-9-15-10-14)18-12-7-4-6-11(16-2)13(12)17-3/h4,6-7,15H,5,8-10H2,1-3H3. The number of hydrogen-bond donors (Lipinski definition) is 1.